The summed E-state index contributed by atoms with van der Waals surface area (Å²) in [6.07, 6.45) is 0.714. The van der Waals surface area contributed by atoms with Gasteiger partial charge in [0, 0.05) is 13.0 Å². The molecule has 0 atom stereocenters. The first-order chi connectivity index (χ1) is 10.7. The van der Waals surface area contributed by atoms with Crippen molar-refractivity contribution in [3.63, 3.8) is 0 Å². The fourth-order valence-electron chi connectivity index (χ4n) is 2.15. The maximum absolute atomic E-state index is 12.5. The quantitative estimate of drug-likeness (QED) is 0.532. The second-order valence-electron chi connectivity index (χ2n) is 4.69. The van der Waals surface area contributed by atoms with E-state index in [2.05, 4.69) is 15.2 Å². The minimum atomic E-state index is -0.0182. The Labute approximate surface area is 131 Å². The van der Waals surface area contributed by atoms with Gasteiger partial charge in [-0.3, -0.25) is 9.36 Å². The summed E-state index contributed by atoms with van der Waals surface area (Å²) in [7, 11) is 0. The number of aromatic nitrogens is 4. The molecular formula is C15H16N4O2S. The van der Waals surface area contributed by atoms with E-state index < -0.39 is 0 Å². The lowest BCUT2D eigenvalue weighted by Gasteiger charge is -2.10. The van der Waals surface area contributed by atoms with E-state index in [4.69, 9.17) is 4.42 Å². The van der Waals surface area contributed by atoms with Crippen molar-refractivity contribution in [2.24, 2.45) is 0 Å². The van der Waals surface area contributed by atoms with E-state index in [1.807, 2.05) is 32.0 Å². The number of aryl methyl sites for hydroxylation is 1. The van der Waals surface area contributed by atoms with Crippen molar-refractivity contribution in [3.05, 3.63) is 46.4 Å². The molecule has 1 aromatic carbocycles. The van der Waals surface area contributed by atoms with Crippen LogP contribution in [0, 0.1) is 0 Å². The van der Waals surface area contributed by atoms with Crippen LogP contribution < -0.4 is 5.56 Å². The van der Waals surface area contributed by atoms with Crippen LogP contribution in [0.15, 0.2) is 38.6 Å². The van der Waals surface area contributed by atoms with Crippen LogP contribution in [-0.2, 0) is 18.7 Å². The van der Waals surface area contributed by atoms with Gasteiger partial charge in [0.2, 0.25) is 11.8 Å². The molecule has 114 valence electrons. The van der Waals surface area contributed by atoms with E-state index in [0.29, 0.717) is 46.6 Å². The summed E-state index contributed by atoms with van der Waals surface area (Å²) in [5.74, 6) is 1.67. The molecule has 0 saturated heterocycles. The van der Waals surface area contributed by atoms with E-state index in [0.717, 1.165) is 0 Å². The Bertz CT molecular complexity index is 856. The van der Waals surface area contributed by atoms with Crippen LogP contribution in [0.25, 0.3) is 10.9 Å². The molecule has 0 aliphatic rings. The van der Waals surface area contributed by atoms with Gasteiger partial charge in [-0.1, -0.05) is 30.8 Å². The largest absolute Gasteiger partial charge is 0.424 e. The third kappa shape index (κ3) is 2.76. The molecule has 0 saturated carbocycles. The molecule has 3 rings (SSSR count). The van der Waals surface area contributed by atoms with Gasteiger partial charge in [0.25, 0.3) is 5.56 Å². The number of thioether (sulfide) groups is 1. The molecule has 6 nitrogen and oxygen atoms in total. The highest BCUT2D eigenvalue weighted by molar-refractivity contribution is 7.98. The predicted octanol–water partition coefficient (Wildman–Crippen LogP) is 2.65. The lowest BCUT2D eigenvalue weighted by atomic mass is 10.2. The summed E-state index contributed by atoms with van der Waals surface area (Å²) in [5, 5.41) is 9.24. The molecule has 2 heterocycles. The topological polar surface area (TPSA) is 73.8 Å². The van der Waals surface area contributed by atoms with E-state index in [-0.39, 0.29) is 5.56 Å². The zero-order chi connectivity index (χ0) is 15.5. The number of rotatable bonds is 5. The summed E-state index contributed by atoms with van der Waals surface area (Å²) in [6, 6.07) is 7.38. The molecule has 3 aromatic rings. The average Bonchev–Trinajstić information content (AvgIpc) is 3.01. The zero-order valence-corrected chi connectivity index (χ0v) is 13.3. The smallest absolute Gasteiger partial charge is 0.262 e. The highest BCUT2D eigenvalue weighted by Crippen LogP contribution is 2.21. The number of fused-ring (bicyclic) bond motifs is 1. The molecule has 0 spiro atoms. The number of para-hydroxylation sites is 1. The van der Waals surface area contributed by atoms with E-state index >= 15 is 0 Å². The van der Waals surface area contributed by atoms with E-state index in [1.165, 1.54) is 11.8 Å². The van der Waals surface area contributed by atoms with Gasteiger partial charge in [0.05, 0.1) is 16.7 Å². The Balaban J connectivity index is 1.93. The molecule has 0 radical (unpaired) electrons. The highest BCUT2D eigenvalue weighted by Gasteiger charge is 2.12. The van der Waals surface area contributed by atoms with Crippen LogP contribution in [0.4, 0.5) is 0 Å². The molecular weight excluding hydrogens is 300 g/mol. The number of benzene rings is 1. The van der Waals surface area contributed by atoms with Crippen molar-refractivity contribution in [1.82, 2.24) is 19.7 Å². The fourth-order valence-corrected chi connectivity index (χ4v) is 3.05. The summed E-state index contributed by atoms with van der Waals surface area (Å²) >= 11 is 1.43. The Morgan fingerprint density at radius 1 is 1.18 bits per heavy atom. The van der Waals surface area contributed by atoms with E-state index in [1.54, 1.807) is 10.6 Å². The monoisotopic (exact) mass is 316 g/mol. The summed E-state index contributed by atoms with van der Waals surface area (Å²) in [4.78, 5) is 17.1. The lowest BCUT2D eigenvalue weighted by molar-refractivity contribution is 0.469. The SMILES string of the molecule is CCc1nnc(CSc2nc3ccccc3c(=O)n2CC)o1. The van der Waals surface area contributed by atoms with Crippen molar-refractivity contribution in [2.45, 2.75) is 37.7 Å². The van der Waals surface area contributed by atoms with Crippen LogP contribution in [0.3, 0.4) is 0 Å². The molecule has 0 fully saturated rings. The Kier molecular flexibility index (Phi) is 4.24. The molecule has 0 unspecified atom stereocenters. The zero-order valence-electron chi connectivity index (χ0n) is 12.4. The number of nitrogens with zero attached hydrogens (tertiary/aromatic N) is 4. The number of hydrogen-bond acceptors (Lipinski definition) is 6. The van der Waals surface area contributed by atoms with Gasteiger partial charge in [0.1, 0.15) is 0 Å². The maximum Gasteiger partial charge on any atom is 0.262 e. The Hall–Kier alpha value is -2.15. The van der Waals surface area contributed by atoms with Gasteiger partial charge < -0.3 is 4.42 Å². The van der Waals surface area contributed by atoms with Gasteiger partial charge in [-0.05, 0) is 19.1 Å². The van der Waals surface area contributed by atoms with Crippen molar-refractivity contribution in [3.8, 4) is 0 Å². The van der Waals surface area contributed by atoms with Crippen LogP contribution in [-0.4, -0.2) is 19.7 Å². The van der Waals surface area contributed by atoms with Crippen molar-refractivity contribution >= 4 is 22.7 Å². The lowest BCUT2D eigenvalue weighted by Crippen LogP contribution is -2.22. The second kappa shape index (κ2) is 6.31. The Morgan fingerprint density at radius 3 is 2.68 bits per heavy atom. The molecule has 0 aliphatic carbocycles. The molecule has 0 aliphatic heterocycles. The molecule has 0 N–H and O–H groups in total. The molecule has 0 bridgehead atoms. The van der Waals surface area contributed by atoms with Gasteiger partial charge >= 0.3 is 0 Å². The van der Waals surface area contributed by atoms with Crippen molar-refractivity contribution < 1.29 is 4.42 Å². The molecule has 7 heteroatoms. The first-order valence-corrected chi connectivity index (χ1v) is 8.15. The third-order valence-corrected chi connectivity index (χ3v) is 4.24. The minimum absolute atomic E-state index is 0.0182. The molecule has 0 amide bonds. The standard InChI is InChI=1S/C15H16N4O2S/c1-3-12-17-18-13(21-12)9-22-15-16-11-8-6-5-7-10(11)14(20)19(15)4-2/h5-8H,3-4,9H2,1-2H3. The van der Waals surface area contributed by atoms with Crippen LogP contribution in [0.1, 0.15) is 25.6 Å². The highest BCUT2D eigenvalue weighted by atomic mass is 32.2. The van der Waals surface area contributed by atoms with Gasteiger partial charge in [-0.2, -0.15) is 0 Å². The first kappa shape index (κ1) is 14.8. The van der Waals surface area contributed by atoms with Crippen LogP contribution in [0.5, 0.6) is 0 Å². The average molecular weight is 316 g/mol. The first-order valence-electron chi connectivity index (χ1n) is 7.16. The predicted molar refractivity (Wildman–Crippen MR) is 84.9 cm³/mol. The van der Waals surface area contributed by atoms with Crippen molar-refractivity contribution in [2.75, 3.05) is 0 Å². The van der Waals surface area contributed by atoms with Gasteiger partial charge in [0.15, 0.2) is 5.16 Å². The normalized spacial score (nSPS) is 11.2. The molecule has 2 aromatic heterocycles. The third-order valence-electron chi connectivity index (χ3n) is 3.28. The number of hydrogen-bond donors (Lipinski definition) is 0. The summed E-state index contributed by atoms with van der Waals surface area (Å²) < 4.78 is 7.16. The summed E-state index contributed by atoms with van der Waals surface area (Å²) in [5.41, 5.74) is 0.690. The second-order valence-corrected chi connectivity index (χ2v) is 5.64. The summed E-state index contributed by atoms with van der Waals surface area (Å²) in [6.45, 7) is 4.47. The van der Waals surface area contributed by atoms with E-state index in [9.17, 15) is 4.79 Å². The van der Waals surface area contributed by atoms with Gasteiger partial charge in [-0.25, -0.2) is 4.98 Å². The van der Waals surface area contributed by atoms with Crippen molar-refractivity contribution in [1.29, 1.82) is 0 Å². The fraction of sp³-hybridized carbons (Fsp3) is 0.333. The molecule has 22 heavy (non-hydrogen) atoms. The van der Waals surface area contributed by atoms with Gasteiger partial charge in [-0.15, -0.1) is 10.2 Å². The Morgan fingerprint density at radius 2 is 1.95 bits per heavy atom. The maximum atomic E-state index is 12.5. The minimum Gasteiger partial charge on any atom is -0.424 e. The van der Waals surface area contributed by atoms with Crippen LogP contribution in [0.2, 0.25) is 0 Å². The van der Waals surface area contributed by atoms with Crippen LogP contribution >= 0.6 is 11.8 Å².